The molecule has 0 aromatic carbocycles. The summed E-state index contributed by atoms with van der Waals surface area (Å²) in [6.45, 7) is 6.42. The molecule has 0 radical (unpaired) electrons. The van der Waals surface area contributed by atoms with E-state index < -0.39 is 0 Å². The van der Waals surface area contributed by atoms with Crippen LogP contribution < -0.4 is 29.6 Å². The van der Waals surface area contributed by atoms with Gasteiger partial charge in [-0.1, -0.05) is 13.3 Å². The van der Waals surface area contributed by atoms with Crippen LogP contribution in [0, 0.1) is 6.92 Å². The first-order chi connectivity index (χ1) is 5.33. The van der Waals surface area contributed by atoms with E-state index in [1.807, 2.05) is 0 Å². The Morgan fingerprint density at radius 1 is 1.15 bits per heavy atom. The van der Waals surface area contributed by atoms with Gasteiger partial charge in [0.15, 0.2) is 0 Å². The van der Waals surface area contributed by atoms with Gasteiger partial charge in [0.05, 0.1) is 26.4 Å². The van der Waals surface area contributed by atoms with Gasteiger partial charge in [0.25, 0.3) is 0 Å². The largest absolute Gasteiger partial charge is 1.00 e. The molecule has 0 aliphatic rings. The molecule has 13 heavy (non-hydrogen) atoms. The average Bonchev–Trinajstić information content (AvgIpc) is 2.06. The molecule has 2 N–H and O–H groups in total. The van der Waals surface area contributed by atoms with Crippen molar-refractivity contribution >= 4 is 12.4 Å². The molecule has 0 heterocycles. The van der Waals surface area contributed by atoms with Crippen LogP contribution in [0.15, 0.2) is 0 Å². The summed E-state index contributed by atoms with van der Waals surface area (Å²) in [5.41, 5.74) is 0. The molecule has 3 nitrogen and oxygen atoms in total. The summed E-state index contributed by atoms with van der Waals surface area (Å²) in [6, 6.07) is 0. The van der Waals surface area contributed by atoms with E-state index in [-0.39, 0.29) is 55.2 Å². The molecule has 0 bridgehead atoms. The van der Waals surface area contributed by atoms with Gasteiger partial charge in [0.1, 0.15) is 0 Å². The summed E-state index contributed by atoms with van der Waals surface area (Å²) in [4.78, 5) is 0. The summed E-state index contributed by atoms with van der Waals surface area (Å²) in [6.07, 6.45) is 2.28. The zero-order chi connectivity index (χ0) is 8.95. The maximum atomic E-state index is 8.09. The smallest absolute Gasteiger partial charge is 0.394 e. The van der Waals surface area contributed by atoms with Crippen molar-refractivity contribution in [2.75, 3.05) is 26.4 Å². The summed E-state index contributed by atoms with van der Waals surface area (Å²) in [5.74, 6) is 0. The molecule has 0 aromatic heterocycles. The summed E-state index contributed by atoms with van der Waals surface area (Å²) in [5, 5.41) is 16.2. The van der Waals surface area contributed by atoms with Crippen LogP contribution in [-0.4, -0.2) is 36.6 Å². The molecule has 0 spiro atoms. The van der Waals surface area contributed by atoms with Gasteiger partial charge < -0.3 is 21.9 Å². The molecule has 0 unspecified atom stereocenters. The van der Waals surface area contributed by atoms with Crippen molar-refractivity contribution in [2.45, 2.75) is 19.8 Å². The number of hydrogen-bond acceptors (Lipinski definition) is 3. The van der Waals surface area contributed by atoms with Crippen LogP contribution in [-0.2, 0) is 4.74 Å². The van der Waals surface area contributed by atoms with Gasteiger partial charge in [-0.05, 0) is 0 Å². The number of halogens is 1. The van der Waals surface area contributed by atoms with E-state index in [0.717, 1.165) is 6.42 Å². The fraction of sp³-hybridized carbons (Fsp3) is 0.875. The summed E-state index contributed by atoms with van der Waals surface area (Å²) in [7, 11) is 0. The van der Waals surface area contributed by atoms with E-state index in [1.54, 1.807) is 0 Å². The van der Waals surface area contributed by atoms with Crippen molar-refractivity contribution in [1.82, 2.24) is 0 Å². The fourth-order valence-electron chi connectivity index (χ4n) is 0.231. The molecule has 0 aliphatic heterocycles. The van der Waals surface area contributed by atoms with Crippen molar-refractivity contribution in [3.63, 3.8) is 0 Å². The second-order valence-corrected chi connectivity index (χ2v) is 1.91. The van der Waals surface area contributed by atoms with Crippen LogP contribution in [0.3, 0.4) is 0 Å². The van der Waals surface area contributed by atoms with Gasteiger partial charge in [-0.25, -0.2) is 0 Å². The van der Waals surface area contributed by atoms with Crippen LogP contribution in [0.4, 0.5) is 0 Å². The Balaban J connectivity index is -0.0000000600. The number of rotatable bonds is 5. The van der Waals surface area contributed by atoms with Crippen LogP contribution in [0.25, 0.3) is 0 Å². The average molecular weight is 223 g/mol. The Hall–Kier alpha value is 1.17. The molecule has 0 fully saturated rings. The van der Waals surface area contributed by atoms with Gasteiger partial charge in [-0.3, -0.25) is 0 Å². The Morgan fingerprint density at radius 3 is 1.62 bits per heavy atom. The third-order valence-corrected chi connectivity index (χ3v) is 0.825. The third-order valence-electron chi connectivity index (χ3n) is 0.825. The quantitative estimate of drug-likeness (QED) is 0.323. The number of ether oxygens (including phenoxy) is 1. The van der Waals surface area contributed by atoms with Crippen LogP contribution in [0.1, 0.15) is 19.8 Å². The van der Waals surface area contributed by atoms with Gasteiger partial charge in [-0.2, -0.15) is 6.42 Å². The van der Waals surface area contributed by atoms with Crippen LogP contribution in [0.2, 0.25) is 0 Å². The monoisotopic (exact) mass is 222 g/mol. The maximum Gasteiger partial charge on any atom is 1.00 e. The van der Waals surface area contributed by atoms with Gasteiger partial charge >= 0.3 is 29.6 Å². The minimum Gasteiger partial charge on any atom is -0.394 e. The number of hydrogen-bond donors (Lipinski definition) is 2. The first-order valence-electron chi connectivity index (χ1n) is 3.92. The van der Waals surface area contributed by atoms with Crippen molar-refractivity contribution in [3.05, 3.63) is 6.92 Å². The Kier molecular flexibility index (Phi) is 53.4. The van der Waals surface area contributed by atoms with Gasteiger partial charge in [0, 0.05) is 0 Å². The zero-order valence-electron chi connectivity index (χ0n) is 8.66. The van der Waals surface area contributed by atoms with Crippen molar-refractivity contribution in [3.8, 4) is 0 Å². The second kappa shape index (κ2) is 29.2. The van der Waals surface area contributed by atoms with E-state index in [0.29, 0.717) is 13.2 Å². The van der Waals surface area contributed by atoms with Crippen LogP contribution in [0.5, 0.6) is 0 Å². The maximum absolute atomic E-state index is 8.09. The molecule has 0 atom stereocenters. The SMILES string of the molecule is Cl.OCCOCCO.[CH2-]CCC.[Na+]. The molecule has 0 aromatic rings. The van der Waals surface area contributed by atoms with Gasteiger partial charge in [-0.15, -0.1) is 12.4 Å². The van der Waals surface area contributed by atoms with Crippen molar-refractivity contribution < 1.29 is 44.5 Å². The predicted molar refractivity (Wildman–Crippen MR) is 52.5 cm³/mol. The Morgan fingerprint density at radius 2 is 1.46 bits per heavy atom. The first-order valence-corrected chi connectivity index (χ1v) is 3.92. The van der Waals surface area contributed by atoms with E-state index in [9.17, 15) is 0 Å². The number of aliphatic hydroxyl groups excluding tert-OH is 2. The van der Waals surface area contributed by atoms with Crippen molar-refractivity contribution in [1.29, 1.82) is 0 Å². The molecule has 78 valence electrons. The molecule has 0 rings (SSSR count). The minimum atomic E-state index is 0. The molecule has 0 aliphatic carbocycles. The number of aliphatic hydroxyl groups is 2. The molecule has 0 saturated heterocycles. The predicted octanol–water partition coefficient (Wildman–Crippen LogP) is -1.97. The van der Waals surface area contributed by atoms with Gasteiger partial charge in [0.2, 0.25) is 0 Å². The molecular weight excluding hydrogens is 203 g/mol. The van der Waals surface area contributed by atoms with E-state index >= 15 is 0 Å². The fourth-order valence-corrected chi connectivity index (χ4v) is 0.231. The standard InChI is InChI=1S/C4H10O3.C4H9.ClH.Na/c5-1-3-7-4-2-6;1-3-4-2;;/h5-6H,1-4H2;1,3-4H2,2H3;1H;/q;-1;;+1. The molecule has 5 heteroatoms. The van der Waals surface area contributed by atoms with E-state index in [4.69, 9.17) is 10.2 Å². The van der Waals surface area contributed by atoms with E-state index in [1.165, 1.54) is 6.42 Å². The minimum absolute atomic E-state index is 0. The Labute approximate surface area is 110 Å². The van der Waals surface area contributed by atoms with E-state index in [2.05, 4.69) is 18.6 Å². The number of unbranched alkanes of at least 4 members (excludes halogenated alkanes) is 1. The third kappa shape index (κ3) is 43.2. The Bertz CT molecular complexity index is 52.7. The molecule has 0 amide bonds. The molecular formula is C8H20ClNaO3. The van der Waals surface area contributed by atoms with Crippen LogP contribution >= 0.6 is 12.4 Å². The second-order valence-electron chi connectivity index (χ2n) is 1.91. The first kappa shape index (κ1) is 23.8. The summed E-state index contributed by atoms with van der Waals surface area (Å²) < 4.78 is 4.63. The van der Waals surface area contributed by atoms with Crippen molar-refractivity contribution in [2.24, 2.45) is 0 Å². The normalized spacial score (nSPS) is 7.38. The molecule has 0 saturated carbocycles. The topological polar surface area (TPSA) is 49.7 Å². The zero-order valence-corrected chi connectivity index (χ0v) is 11.5. The summed E-state index contributed by atoms with van der Waals surface area (Å²) >= 11 is 0.